The normalized spacial score (nSPS) is 9.81. The minimum Gasteiger partial charge on any atom is -0.448 e. The number of benzene rings is 1. The van der Waals surface area contributed by atoms with Crippen molar-refractivity contribution in [3.8, 4) is 0 Å². The first-order valence-electron chi connectivity index (χ1n) is 5.73. The maximum Gasteiger partial charge on any atom is 0.404 e. The van der Waals surface area contributed by atoms with Crippen molar-refractivity contribution in [1.82, 2.24) is 5.32 Å². The number of ether oxygens (including phenoxy) is 1. The molecule has 0 radical (unpaired) electrons. The van der Waals surface area contributed by atoms with E-state index < -0.39 is 16.9 Å². The summed E-state index contributed by atoms with van der Waals surface area (Å²) in [5.41, 5.74) is 4.57. The number of nitrogens with zero attached hydrogens (tertiary/aromatic N) is 1. The average molecular weight is 317 g/mol. The van der Waals surface area contributed by atoms with Crippen molar-refractivity contribution in [2.75, 3.05) is 25.5 Å². The van der Waals surface area contributed by atoms with Gasteiger partial charge in [-0.3, -0.25) is 14.9 Å². The summed E-state index contributed by atoms with van der Waals surface area (Å²) in [4.78, 5) is 32.5. The van der Waals surface area contributed by atoms with E-state index in [0.29, 0.717) is 0 Å². The number of nitro groups is 1. The Morgan fingerprint density at radius 1 is 1.48 bits per heavy atom. The molecule has 1 aromatic rings. The molecular formula is C11H13ClN4O5. The van der Waals surface area contributed by atoms with Crippen molar-refractivity contribution in [3.63, 3.8) is 0 Å². The van der Waals surface area contributed by atoms with Gasteiger partial charge in [0.2, 0.25) is 0 Å². The van der Waals surface area contributed by atoms with Crippen LogP contribution in [-0.4, -0.2) is 37.1 Å². The van der Waals surface area contributed by atoms with Crippen LogP contribution in [0.4, 0.5) is 16.2 Å². The minimum absolute atomic E-state index is 0.0149. The quantitative estimate of drug-likeness (QED) is 0.408. The molecule has 2 amide bonds. The smallest absolute Gasteiger partial charge is 0.404 e. The second kappa shape index (κ2) is 7.29. The van der Waals surface area contributed by atoms with Crippen LogP contribution in [-0.2, 0) is 4.74 Å². The fourth-order valence-electron chi connectivity index (χ4n) is 1.53. The summed E-state index contributed by atoms with van der Waals surface area (Å²) in [5.74, 6) is -0.587. The predicted molar refractivity (Wildman–Crippen MR) is 75.5 cm³/mol. The molecule has 0 aliphatic carbocycles. The highest BCUT2D eigenvalue weighted by molar-refractivity contribution is 6.34. The third-order valence-electron chi connectivity index (χ3n) is 2.41. The Morgan fingerprint density at radius 3 is 2.67 bits per heavy atom. The standard InChI is InChI=1S/C11H13ClN4O5/c1-14-9-7(12)4-6(5-8(9)16(19)20)10(17)15-2-3-21-11(13)18/h4-5,14H,2-3H2,1H3,(H2,13,18)(H,15,17). The van der Waals surface area contributed by atoms with E-state index in [9.17, 15) is 19.7 Å². The summed E-state index contributed by atoms with van der Waals surface area (Å²) in [6, 6.07) is 2.40. The number of rotatable bonds is 6. The number of anilines is 1. The molecular weight excluding hydrogens is 304 g/mol. The molecule has 0 saturated carbocycles. The highest BCUT2D eigenvalue weighted by Crippen LogP contribution is 2.33. The molecule has 0 unspecified atom stereocenters. The van der Waals surface area contributed by atoms with Gasteiger partial charge in [-0.1, -0.05) is 11.6 Å². The van der Waals surface area contributed by atoms with E-state index in [2.05, 4.69) is 15.4 Å². The van der Waals surface area contributed by atoms with Crippen molar-refractivity contribution in [1.29, 1.82) is 0 Å². The third-order valence-corrected chi connectivity index (χ3v) is 2.71. The lowest BCUT2D eigenvalue weighted by atomic mass is 10.1. The minimum atomic E-state index is -0.957. The van der Waals surface area contributed by atoms with Crippen LogP contribution in [0.5, 0.6) is 0 Å². The number of primary amides is 1. The monoisotopic (exact) mass is 316 g/mol. The van der Waals surface area contributed by atoms with E-state index in [-0.39, 0.29) is 35.1 Å². The fourth-order valence-corrected chi connectivity index (χ4v) is 1.84. The van der Waals surface area contributed by atoms with Crippen LogP contribution in [0.2, 0.25) is 5.02 Å². The fraction of sp³-hybridized carbons (Fsp3) is 0.273. The second-order valence-corrected chi connectivity index (χ2v) is 4.19. The highest BCUT2D eigenvalue weighted by atomic mass is 35.5. The largest absolute Gasteiger partial charge is 0.448 e. The van der Waals surface area contributed by atoms with Gasteiger partial charge < -0.3 is 21.1 Å². The first-order valence-corrected chi connectivity index (χ1v) is 6.10. The molecule has 0 aromatic heterocycles. The molecule has 9 nitrogen and oxygen atoms in total. The first-order chi connectivity index (χ1) is 9.86. The van der Waals surface area contributed by atoms with Crippen LogP contribution in [0.1, 0.15) is 10.4 Å². The number of nitrogens with two attached hydrogens (primary N) is 1. The van der Waals surface area contributed by atoms with E-state index in [4.69, 9.17) is 17.3 Å². The van der Waals surface area contributed by atoms with Gasteiger partial charge in [0.1, 0.15) is 12.3 Å². The van der Waals surface area contributed by atoms with Crippen LogP contribution < -0.4 is 16.4 Å². The van der Waals surface area contributed by atoms with E-state index in [1.54, 1.807) is 0 Å². The van der Waals surface area contributed by atoms with Gasteiger partial charge in [0, 0.05) is 18.7 Å². The zero-order valence-corrected chi connectivity index (χ0v) is 11.8. The van der Waals surface area contributed by atoms with Crippen LogP contribution >= 0.6 is 11.6 Å². The van der Waals surface area contributed by atoms with Crippen molar-refractivity contribution in [3.05, 3.63) is 32.8 Å². The van der Waals surface area contributed by atoms with Gasteiger partial charge in [-0.05, 0) is 6.07 Å². The summed E-state index contributed by atoms with van der Waals surface area (Å²) >= 11 is 5.89. The third kappa shape index (κ3) is 4.49. The molecule has 1 rings (SSSR count). The zero-order valence-electron chi connectivity index (χ0n) is 11.0. The Balaban J connectivity index is 2.85. The van der Waals surface area contributed by atoms with Gasteiger partial charge in [0.15, 0.2) is 0 Å². The Morgan fingerprint density at radius 2 is 2.14 bits per heavy atom. The van der Waals surface area contributed by atoms with Gasteiger partial charge in [0.05, 0.1) is 16.5 Å². The molecule has 1 aromatic carbocycles. The molecule has 4 N–H and O–H groups in total. The molecule has 0 fully saturated rings. The second-order valence-electron chi connectivity index (χ2n) is 3.78. The SMILES string of the molecule is CNc1c(Cl)cc(C(=O)NCCOC(N)=O)cc1[N+](=O)[O-]. The Bertz CT molecular complexity index is 578. The van der Waals surface area contributed by atoms with Crippen molar-refractivity contribution in [2.45, 2.75) is 0 Å². The van der Waals surface area contributed by atoms with Gasteiger partial charge in [-0.15, -0.1) is 0 Å². The van der Waals surface area contributed by atoms with Crippen LogP contribution in [0.3, 0.4) is 0 Å². The molecule has 0 bridgehead atoms. The number of carbonyl (C=O) groups excluding carboxylic acids is 2. The number of nitro benzene ring substituents is 1. The highest BCUT2D eigenvalue weighted by Gasteiger charge is 2.20. The van der Waals surface area contributed by atoms with E-state index >= 15 is 0 Å². The van der Waals surface area contributed by atoms with E-state index in [1.807, 2.05) is 0 Å². The number of carbonyl (C=O) groups is 2. The topological polar surface area (TPSA) is 137 Å². The molecule has 0 spiro atoms. The molecule has 0 aliphatic heterocycles. The molecule has 21 heavy (non-hydrogen) atoms. The molecule has 10 heteroatoms. The van der Waals surface area contributed by atoms with E-state index in [0.717, 1.165) is 6.07 Å². The number of hydrogen-bond donors (Lipinski definition) is 3. The van der Waals surface area contributed by atoms with Crippen molar-refractivity contribution in [2.24, 2.45) is 5.73 Å². The van der Waals surface area contributed by atoms with Crippen LogP contribution in [0.25, 0.3) is 0 Å². The van der Waals surface area contributed by atoms with Crippen LogP contribution in [0.15, 0.2) is 12.1 Å². The molecule has 0 atom stereocenters. The van der Waals surface area contributed by atoms with Gasteiger partial charge in [-0.2, -0.15) is 0 Å². The number of halogens is 1. The Hall–Kier alpha value is -2.55. The first kappa shape index (κ1) is 16.5. The summed E-state index contributed by atoms with van der Waals surface area (Å²) in [6.07, 6.45) is -0.957. The summed E-state index contributed by atoms with van der Waals surface area (Å²) in [6.45, 7) is -0.0908. The summed E-state index contributed by atoms with van der Waals surface area (Å²) < 4.78 is 4.43. The summed E-state index contributed by atoms with van der Waals surface area (Å²) in [7, 11) is 1.48. The lowest BCUT2D eigenvalue weighted by molar-refractivity contribution is -0.383. The van der Waals surface area contributed by atoms with Crippen LogP contribution in [0, 0.1) is 10.1 Å². The van der Waals surface area contributed by atoms with E-state index in [1.165, 1.54) is 13.1 Å². The maximum absolute atomic E-state index is 11.8. The molecule has 114 valence electrons. The van der Waals surface area contributed by atoms with Crippen molar-refractivity contribution < 1.29 is 19.2 Å². The van der Waals surface area contributed by atoms with Gasteiger partial charge >= 0.3 is 6.09 Å². The zero-order chi connectivity index (χ0) is 16.0. The Labute approximate surface area is 124 Å². The molecule has 0 aliphatic rings. The van der Waals surface area contributed by atoms with Crippen molar-refractivity contribution >= 4 is 35.0 Å². The summed E-state index contributed by atoms with van der Waals surface area (Å²) in [5, 5.41) is 16.0. The maximum atomic E-state index is 11.8. The number of amides is 2. The van der Waals surface area contributed by atoms with Gasteiger partial charge in [-0.25, -0.2) is 4.79 Å². The van der Waals surface area contributed by atoms with Gasteiger partial charge in [0.25, 0.3) is 11.6 Å². The predicted octanol–water partition coefficient (Wildman–Crippen LogP) is 1.11. The lowest BCUT2D eigenvalue weighted by Crippen LogP contribution is -2.29. The average Bonchev–Trinajstić information content (AvgIpc) is 2.42. The molecule has 0 saturated heterocycles. The Kier molecular flexibility index (Phi) is 5.73. The number of nitrogens with one attached hydrogen (secondary N) is 2. The number of hydrogen-bond acceptors (Lipinski definition) is 6. The molecule has 0 heterocycles. The lowest BCUT2D eigenvalue weighted by Gasteiger charge is -2.09.